The SMILES string of the molecule is C[C@H]1CNCCc2cc(OS(=O)(=O)O)c(Cl)cc21. The number of hydrogen-bond donors (Lipinski definition) is 2. The first-order valence-electron chi connectivity index (χ1n) is 5.57. The lowest BCUT2D eigenvalue weighted by Crippen LogP contribution is -2.18. The van der Waals surface area contributed by atoms with Gasteiger partial charge in [0, 0.05) is 6.54 Å². The Hall–Kier alpha value is -0.820. The average molecular weight is 292 g/mol. The number of benzene rings is 1. The van der Waals surface area contributed by atoms with Gasteiger partial charge >= 0.3 is 10.4 Å². The van der Waals surface area contributed by atoms with Gasteiger partial charge in [-0.1, -0.05) is 18.5 Å². The van der Waals surface area contributed by atoms with E-state index in [9.17, 15) is 8.42 Å². The van der Waals surface area contributed by atoms with Crippen molar-refractivity contribution in [2.75, 3.05) is 13.1 Å². The highest BCUT2D eigenvalue weighted by atomic mass is 35.5. The van der Waals surface area contributed by atoms with Crippen LogP contribution in [-0.2, 0) is 16.8 Å². The second-order valence-electron chi connectivity index (χ2n) is 4.35. The van der Waals surface area contributed by atoms with Gasteiger partial charge in [0.25, 0.3) is 0 Å². The lowest BCUT2D eigenvalue weighted by atomic mass is 9.95. The van der Waals surface area contributed by atoms with Crippen molar-refractivity contribution in [2.45, 2.75) is 19.3 Å². The summed E-state index contributed by atoms with van der Waals surface area (Å²) in [5, 5.41) is 3.46. The third-order valence-electron chi connectivity index (χ3n) is 2.94. The first kappa shape index (κ1) is 13.6. The molecule has 1 aromatic carbocycles. The Labute approximate surface area is 111 Å². The molecule has 1 aliphatic heterocycles. The fourth-order valence-electron chi connectivity index (χ4n) is 2.12. The van der Waals surface area contributed by atoms with Crippen LogP contribution < -0.4 is 9.50 Å². The lowest BCUT2D eigenvalue weighted by Gasteiger charge is -2.14. The van der Waals surface area contributed by atoms with E-state index in [-0.39, 0.29) is 10.8 Å². The van der Waals surface area contributed by atoms with E-state index in [2.05, 4.69) is 16.4 Å². The van der Waals surface area contributed by atoms with Crippen molar-refractivity contribution in [3.63, 3.8) is 0 Å². The minimum atomic E-state index is -4.55. The van der Waals surface area contributed by atoms with Gasteiger partial charge in [-0.3, -0.25) is 4.55 Å². The van der Waals surface area contributed by atoms with Crippen LogP contribution in [0.1, 0.15) is 24.0 Å². The van der Waals surface area contributed by atoms with Crippen LogP contribution in [0.15, 0.2) is 12.1 Å². The van der Waals surface area contributed by atoms with Crippen molar-refractivity contribution in [3.05, 3.63) is 28.3 Å². The van der Waals surface area contributed by atoms with Crippen LogP contribution in [0.3, 0.4) is 0 Å². The second kappa shape index (κ2) is 5.05. The van der Waals surface area contributed by atoms with Gasteiger partial charge in [-0.25, -0.2) is 0 Å². The Morgan fingerprint density at radius 3 is 2.89 bits per heavy atom. The normalized spacial score (nSPS) is 20.1. The van der Waals surface area contributed by atoms with Crippen molar-refractivity contribution in [3.8, 4) is 5.75 Å². The molecule has 1 heterocycles. The van der Waals surface area contributed by atoms with Crippen LogP contribution in [0.2, 0.25) is 5.02 Å². The molecule has 0 fully saturated rings. The van der Waals surface area contributed by atoms with E-state index in [1.54, 1.807) is 12.1 Å². The smallest absolute Gasteiger partial charge is 0.360 e. The molecule has 100 valence electrons. The van der Waals surface area contributed by atoms with E-state index in [0.29, 0.717) is 5.92 Å². The summed E-state index contributed by atoms with van der Waals surface area (Å²) in [5.74, 6) is 0.256. The number of hydrogen-bond acceptors (Lipinski definition) is 4. The Morgan fingerprint density at radius 2 is 2.22 bits per heavy atom. The molecule has 7 heteroatoms. The second-order valence-corrected chi connectivity index (χ2v) is 5.78. The molecule has 0 aliphatic carbocycles. The molecule has 0 saturated heterocycles. The molecule has 0 bridgehead atoms. The molecule has 0 saturated carbocycles. The summed E-state index contributed by atoms with van der Waals surface area (Å²) in [7, 11) is -4.55. The number of rotatable bonds is 2. The van der Waals surface area contributed by atoms with E-state index in [1.807, 2.05) is 0 Å². The van der Waals surface area contributed by atoms with E-state index in [0.717, 1.165) is 30.6 Å². The Kier molecular flexibility index (Phi) is 3.82. The van der Waals surface area contributed by atoms with Crippen molar-refractivity contribution >= 4 is 22.0 Å². The number of fused-ring (bicyclic) bond motifs is 1. The van der Waals surface area contributed by atoms with Crippen molar-refractivity contribution in [1.82, 2.24) is 5.32 Å². The molecule has 0 unspecified atom stereocenters. The van der Waals surface area contributed by atoms with Gasteiger partial charge in [0.2, 0.25) is 0 Å². The van der Waals surface area contributed by atoms with Crippen LogP contribution in [0.4, 0.5) is 0 Å². The van der Waals surface area contributed by atoms with E-state index in [1.165, 1.54) is 0 Å². The monoisotopic (exact) mass is 291 g/mol. The van der Waals surface area contributed by atoms with E-state index >= 15 is 0 Å². The zero-order valence-corrected chi connectivity index (χ0v) is 11.4. The highest BCUT2D eigenvalue weighted by Gasteiger charge is 2.19. The summed E-state index contributed by atoms with van der Waals surface area (Å²) in [4.78, 5) is 0. The van der Waals surface area contributed by atoms with Crippen LogP contribution in [0.25, 0.3) is 0 Å². The summed E-state index contributed by atoms with van der Waals surface area (Å²) in [6.07, 6.45) is 0.763. The molecule has 0 spiro atoms. The molecule has 1 atom stereocenters. The van der Waals surface area contributed by atoms with Gasteiger partial charge in [0.05, 0.1) is 5.02 Å². The van der Waals surface area contributed by atoms with Crippen LogP contribution in [-0.4, -0.2) is 26.1 Å². The van der Waals surface area contributed by atoms with Crippen LogP contribution in [0, 0.1) is 0 Å². The highest BCUT2D eigenvalue weighted by molar-refractivity contribution is 7.81. The molecule has 2 N–H and O–H groups in total. The van der Waals surface area contributed by atoms with Crippen molar-refractivity contribution < 1.29 is 17.2 Å². The van der Waals surface area contributed by atoms with Gasteiger partial charge in [-0.05, 0) is 42.1 Å². The van der Waals surface area contributed by atoms with Gasteiger partial charge in [0.15, 0.2) is 5.75 Å². The van der Waals surface area contributed by atoms with Crippen molar-refractivity contribution in [1.29, 1.82) is 0 Å². The quantitative estimate of drug-likeness (QED) is 0.812. The zero-order chi connectivity index (χ0) is 13.3. The molecule has 0 amide bonds. The fraction of sp³-hybridized carbons (Fsp3) is 0.455. The molecule has 5 nitrogen and oxygen atoms in total. The summed E-state index contributed by atoms with van der Waals surface area (Å²) in [5.41, 5.74) is 2.06. The number of halogens is 1. The van der Waals surface area contributed by atoms with E-state index < -0.39 is 10.4 Å². The highest BCUT2D eigenvalue weighted by Crippen LogP contribution is 2.33. The predicted octanol–water partition coefficient (Wildman–Crippen LogP) is 1.77. The summed E-state index contributed by atoms with van der Waals surface area (Å²) < 4.78 is 34.6. The Balaban J connectivity index is 2.44. The summed E-state index contributed by atoms with van der Waals surface area (Å²) in [6, 6.07) is 3.28. The van der Waals surface area contributed by atoms with Crippen molar-refractivity contribution in [2.24, 2.45) is 0 Å². The maximum Gasteiger partial charge on any atom is 0.446 e. The summed E-state index contributed by atoms with van der Waals surface area (Å²) >= 11 is 5.96. The standard InChI is InChI=1S/C11H14ClNO4S/c1-7-6-13-3-2-8-4-11(17-18(14,15)16)10(12)5-9(7)8/h4-5,7,13H,2-3,6H2,1H3,(H,14,15,16)/t7-/m0/s1. The zero-order valence-electron chi connectivity index (χ0n) is 9.81. The maximum absolute atomic E-state index is 10.7. The molecule has 1 aliphatic rings. The third-order valence-corrected chi connectivity index (χ3v) is 3.63. The molecular formula is C11H14ClNO4S. The molecule has 18 heavy (non-hydrogen) atoms. The van der Waals surface area contributed by atoms with Crippen LogP contribution >= 0.6 is 11.6 Å². The summed E-state index contributed by atoms with van der Waals surface area (Å²) in [6.45, 7) is 3.73. The van der Waals surface area contributed by atoms with Crippen LogP contribution in [0.5, 0.6) is 5.75 Å². The van der Waals surface area contributed by atoms with E-state index in [4.69, 9.17) is 16.2 Å². The fourth-order valence-corrected chi connectivity index (χ4v) is 2.74. The molecule has 0 aromatic heterocycles. The Morgan fingerprint density at radius 1 is 1.50 bits per heavy atom. The van der Waals surface area contributed by atoms with Gasteiger partial charge in [-0.2, -0.15) is 8.42 Å². The minimum Gasteiger partial charge on any atom is -0.360 e. The minimum absolute atomic E-state index is 0.0352. The third kappa shape index (κ3) is 3.14. The average Bonchev–Trinajstić information content (AvgIpc) is 2.41. The van der Waals surface area contributed by atoms with Gasteiger partial charge in [0.1, 0.15) is 0 Å². The topological polar surface area (TPSA) is 75.6 Å². The lowest BCUT2D eigenvalue weighted by molar-refractivity contribution is 0.386. The number of nitrogens with one attached hydrogen (secondary N) is 1. The first-order chi connectivity index (χ1) is 8.37. The first-order valence-corrected chi connectivity index (χ1v) is 7.31. The molecule has 1 aromatic rings. The Bertz CT molecular complexity index is 558. The molecular weight excluding hydrogens is 278 g/mol. The molecule has 2 rings (SSSR count). The van der Waals surface area contributed by atoms with Gasteiger partial charge in [-0.15, -0.1) is 0 Å². The largest absolute Gasteiger partial charge is 0.446 e. The molecule has 0 radical (unpaired) electrons. The predicted molar refractivity (Wildman–Crippen MR) is 68.6 cm³/mol. The van der Waals surface area contributed by atoms with Gasteiger partial charge < -0.3 is 9.50 Å². The maximum atomic E-state index is 10.7.